The van der Waals surface area contributed by atoms with Crippen molar-refractivity contribution in [2.45, 2.75) is 19.5 Å². The third-order valence-corrected chi connectivity index (χ3v) is 4.04. The van der Waals surface area contributed by atoms with Crippen LogP contribution in [0.2, 0.25) is 0 Å². The summed E-state index contributed by atoms with van der Waals surface area (Å²) in [6.07, 6.45) is 3.60. The van der Waals surface area contributed by atoms with Gasteiger partial charge in [0.15, 0.2) is 0 Å². The van der Waals surface area contributed by atoms with Gasteiger partial charge in [-0.15, -0.1) is 0 Å². The van der Waals surface area contributed by atoms with E-state index in [0.29, 0.717) is 18.8 Å². The molecule has 25 heavy (non-hydrogen) atoms. The molecule has 6 nitrogen and oxygen atoms in total. The van der Waals surface area contributed by atoms with E-state index in [0.717, 1.165) is 16.8 Å². The summed E-state index contributed by atoms with van der Waals surface area (Å²) >= 11 is 0. The van der Waals surface area contributed by atoms with Crippen LogP contribution in [0.5, 0.6) is 0 Å². The van der Waals surface area contributed by atoms with Crippen LogP contribution in [0.15, 0.2) is 54.9 Å². The highest BCUT2D eigenvalue weighted by atomic mass is 16.3. The van der Waals surface area contributed by atoms with Gasteiger partial charge < -0.3 is 20.1 Å². The molecule has 6 heteroatoms. The first-order chi connectivity index (χ1) is 12.2. The van der Waals surface area contributed by atoms with Gasteiger partial charge in [-0.3, -0.25) is 4.79 Å². The number of amides is 1. The maximum atomic E-state index is 12.4. The van der Waals surface area contributed by atoms with Crippen molar-refractivity contribution in [3.05, 3.63) is 71.7 Å². The van der Waals surface area contributed by atoms with Crippen LogP contribution >= 0.6 is 0 Å². The number of nitrogens with one attached hydrogen (secondary N) is 2. The van der Waals surface area contributed by atoms with Gasteiger partial charge in [0, 0.05) is 25.5 Å². The Morgan fingerprint density at radius 3 is 2.76 bits per heavy atom. The molecule has 0 radical (unpaired) electrons. The Bertz CT molecular complexity index is 809. The number of benzene rings is 1. The summed E-state index contributed by atoms with van der Waals surface area (Å²) in [5, 5.41) is 14.9. The molecule has 0 aliphatic carbocycles. The van der Waals surface area contributed by atoms with Gasteiger partial charge in [0.05, 0.1) is 12.6 Å². The Morgan fingerprint density at radius 2 is 2.04 bits per heavy atom. The smallest absolute Gasteiger partial charge is 0.271 e. The summed E-state index contributed by atoms with van der Waals surface area (Å²) in [5.41, 5.74) is 3.32. The molecule has 0 aliphatic heterocycles. The average molecular weight is 338 g/mol. The van der Waals surface area contributed by atoms with Crippen LogP contribution in [-0.2, 0) is 6.54 Å². The summed E-state index contributed by atoms with van der Waals surface area (Å²) in [6, 6.07) is 13.6. The van der Waals surface area contributed by atoms with E-state index >= 15 is 0 Å². The molecule has 1 aromatic carbocycles. The lowest BCUT2D eigenvalue weighted by Gasteiger charge is -2.14. The average Bonchev–Trinajstić information content (AvgIpc) is 3.07. The Labute approximate surface area is 146 Å². The summed E-state index contributed by atoms with van der Waals surface area (Å²) in [5.74, 6) is -0.190. The Balaban J connectivity index is 1.62. The van der Waals surface area contributed by atoms with Crippen molar-refractivity contribution in [2.24, 2.45) is 0 Å². The lowest BCUT2D eigenvalue weighted by atomic mass is 10.1. The van der Waals surface area contributed by atoms with E-state index in [9.17, 15) is 4.79 Å². The zero-order valence-corrected chi connectivity index (χ0v) is 14.1. The second kappa shape index (κ2) is 7.92. The first-order valence-electron chi connectivity index (χ1n) is 8.32. The van der Waals surface area contributed by atoms with Gasteiger partial charge in [-0.2, -0.15) is 0 Å². The number of rotatable bonds is 7. The van der Waals surface area contributed by atoms with Crippen LogP contribution in [0.4, 0.5) is 0 Å². The van der Waals surface area contributed by atoms with Gasteiger partial charge in [0.1, 0.15) is 11.3 Å². The summed E-state index contributed by atoms with van der Waals surface area (Å²) in [6.45, 7) is 3.37. The fourth-order valence-electron chi connectivity index (χ4n) is 2.63. The van der Waals surface area contributed by atoms with E-state index in [-0.39, 0.29) is 18.6 Å². The largest absolute Gasteiger partial charge is 0.395 e. The van der Waals surface area contributed by atoms with E-state index in [1.165, 1.54) is 0 Å². The number of hydrogen-bond acceptors (Lipinski definition) is 4. The first-order valence-corrected chi connectivity index (χ1v) is 8.32. The highest BCUT2D eigenvalue weighted by Crippen LogP contribution is 2.14. The molecule has 0 aliphatic rings. The molecule has 0 bridgehead atoms. The maximum absolute atomic E-state index is 12.4. The second-order valence-corrected chi connectivity index (χ2v) is 5.93. The number of carbonyl (C=O) groups excluding carboxylic acids is 1. The molecule has 0 spiro atoms. The van der Waals surface area contributed by atoms with Gasteiger partial charge >= 0.3 is 0 Å². The van der Waals surface area contributed by atoms with Crippen LogP contribution in [0.25, 0.3) is 5.65 Å². The number of aromatic nitrogens is 2. The number of hydrogen-bond donors (Lipinski definition) is 3. The Kier molecular flexibility index (Phi) is 5.42. The highest BCUT2D eigenvalue weighted by Gasteiger charge is 2.14. The number of aliphatic hydroxyl groups excluding tert-OH is 1. The molecule has 1 atom stereocenters. The SMILES string of the molecule is C[C@@H](NC(=O)c1cn2ccccc2n1)c1ccc(CNCCO)cc1. The van der Waals surface area contributed by atoms with Crippen molar-refractivity contribution >= 4 is 11.6 Å². The molecule has 0 unspecified atom stereocenters. The molecule has 3 aromatic rings. The maximum Gasteiger partial charge on any atom is 0.271 e. The molecule has 3 rings (SSSR count). The zero-order valence-electron chi connectivity index (χ0n) is 14.1. The molecule has 0 saturated carbocycles. The normalized spacial score (nSPS) is 12.2. The monoisotopic (exact) mass is 338 g/mol. The van der Waals surface area contributed by atoms with E-state index < -0.39 is 0 Å². The fourth-order valence-corrected chi connectivity index (χ4v) is 2.63. The molecule has 3 N–H and O–H groups in total. The summed E-state index contributed by atoms with van der Waals surface area (Å²) < 4.78 is 1.83. The number of imidazole rings is 1. The number of pyridine rings is 1. The molecule has 0 saturated heterocycles. The van der Waals surface area contributed by atoms with Crippen molar-refractivity contribution in [1.82, 2.24) is 20.0 Å². The molecular formula is C19H22N4O2. The van der Waals surface area contributed by atoms with Crippen LogP contribution in [0.3, 0.4) is 0 Å². The molecule has 2 aromatic heterocycles. The van der Waals surface area contributed by atoms with E-state index in [1.807, 2.05) is 60.0 Å². The second-order valence-electron chi connectivity index (χ2n) is 5.93. The molecule has 130 valence electrons. The van der Waals surface area contributed by atoms with Crippen LogP contribution in [0, 0.1) is 0 Å². The molecule has 1 amide bonds. The van der Waals surface area contributed by atoms with Gasteiger partial charge in [-0.05, 0) is 30.2 Å². The third kappa shape index (κ3) is 4.23. The van der Waals surface area contributed by atoms with Crippen LogP contribution in [-0.4, -0.2) is 33.6 Å². The highest BCUT2D eigenvalue weighted by molar-refractivity contribution is 5.93. The molecular weight excluding hydrogens is 316 g/mol. The minimum absolute atomic E-state index is 0.114. The summed E-state index contributed by atoms with van der Waals surface area (Å²) in [7, 11) is 0. The minimum atomic E-state index is -0.190. The van der Waals surface area contributed by atoms with Gasteiger partial charge in [-0.25, -0.2) is 4.98 Å². The zero-order chi connectivity index (χ0) is 17.6. The lowest BCUT2D eigenvalue weighted by Crippen LogP contribution is -2.27. The summed E-state index contributed by atoms with van der Waals surface area (Å²) in [4.78, 5) is 16.8. The van der Waals surface area contributed by atoms with Gasteiger partial charge in [0.25, 0.3) is 5.91 Å². The number of fused-ring (bicyclic) bond motifs is 1. The van der Waals surface area contributed by atoms with E-state index in [1.54, 1.807) is 6.20 Å². The van der Waals surface area contributed by atoms with E-state index in [2.05, 4.69) is 15.6 Å². The van der Waals surface area contributed by atoms with Crippen molar-refractivity contribution in [3.8, 4) is 0 Å². The van der Waals surface area contributed by atoms with E-state index in [4.69, 9.17) is 5.11 Å². The predicted octanol–water partition coefficient (Wildman–Crippen LogP) is 1.91. The van der Waals surface area contributed by atoms with Gasteiger partial charge in [0.2, 0.25) is 0 Å². The van der Waals surface area contributed by atoms with Gasteiger partial charge in [-0.1, -0.05) is 30.3 Å². The third-order valence-electron chi connectivity index (χ3n) is 4.04. The van der Waals surface area contributed by atoms with Crippen molar-refractivity contribution in [1.29, 1.82) is 0 Å². The topological polar surface area (TPSA) is 78.7 Å². The van der Waals surface area contributed by atoms with Crippen LogP contribution < -0.4 is 10.6 Å². The minimum Gasteiger partial charge on any atom is -0.395 e. The molecule has 0 fully saturated rings. The number of nitrogens with zero attached hydrogens (tertiary/aromatic N) is 2. The lowest BCUT2D eigenvalue weighted by molar-refractivity contribution is 0.0935. The molecule has 2 heterocycles. The van der Waals surface area contributed by atoms with Crippen molar-refractivity contribution in [3.63, 3.8) is 0 Å². The Morgan fingerprint density at radius 1 is 1.24 bits per heavy atom. The standard InChI is InChI=1S/C19H22N4O2/c1-14(16-7-5-15(6-8-16)12-20-9-11-24)21-19(25)17-13-23-10-3-2-4-18(23)22-17/h2-8,10,13-14,20,24H,9,11-12H2,1H3,(H,21,25)/t14-/m1/s1. The van der Waals surface area contributed by atoms with Crippen LogP contribution in [0.1, 0.15) is 34.6 Å². The number of carbonyl (C=O) groups is 1. The fraction of sp³-hybridized carbons (Fsp3) is 0.263. The predicted molar refractivity (Wildman–Crippen MR) is 96.3 cm³/mol. The Hall–Kier alpha value is -2.70. The number of aliphatic hydroxyl groups is 1. The van der Waals surface area contributed by atoms with Crippen molar-refractivity contribution < 1.29 is 9.90 Å². The quantitative estimate of drug-likeness (QED) is 0.575. The first kappa shape index (κ1) is 17.1. The van der Waals surface area contributed by atoms with Crippen molar-refractivity contribution in [2.75, 3.05) is 13.2 Å².